The number of benzene rings is 1. The molecule has 126 valence electrons. The molecule has 5 heteroatoms. The van der Waals surface area contributed by atoms with Gasteiger partial charge in [-0.25, -0.2) is 0 Å². The molecular formula is C19H23N3O2. The van der Waals surface area contributed by atoms with Crippen molar-refractivity contribution in [3.05, 3.63) is 59.4 Å². The standard InChI is InChI=1S/C19H23N3O2/c1-13-9-14(2)11-16(10-13)22-18(24)19(3,4)17(23)21-12-15-5-7-20-8-6-15/h5-11H,12H2,1-4H3,(H,21,23)(H,22,24). The lowest BCUT2D eigenvalue weighted by Gasteiger charge is -2.23. The average Bonchev–Trinajstić information content (AvgIpc) is 2.52. The molecule has 0 fully saturated rings. The first-order valence-corrected chi connectivity index (χ1v) is 7.86. The summed E-state index contributed by atoms with van der Waals surface area (Å²) in [4.78, 5) is 28.9. The van der Waals surface area contributed by atoms with Crippen LogP contribution in [0.5, 0.6) is 0 Å². The summed E-state index contributed by atoms with van der Waals surface area (Å²) in [6, 6.07) is 9.44. The zero-order chi connectivity index (χ0) is 17.7. The summed E-state index contributed by atoms with van der Waals surface area (Å²) < 4.78 is 0. The molecule has 0 saturated heterocycles. The van der Waals surface area contributed by atoms with Crippen LogP contribution < -0.4 is 10.6 Å². The molecule has 0 spiro atoms. The van der Waals surface area contributed by atoms with Gasteiger partial charge in [0.15, 0.2) is 0 Å². The molecule has 5 nitrogen and oxygen atoms in total. The molecule has 0 atom stereocenters. The largest absolute Gasteiger partial charge is 0.351 e. The summed E-state index contributed by atoms with van der Waals surface area (Å²) >= 11 is 0. The van der Waals surface area contributed by atoms with Crippen molar-refractivity contribution >= 4 is 17.5 Å². The van der Waals surface area contributed by atoms with Crippen LogP contribution in [0.4, 0.5) is 5.69 Å². The Balaban J connectivity index is 2.02. The van der Waals surface area contributed by atoms with E-state index >= 15 is 0 Å². The quantitative estimate of drug-likeness (QED) is 0.830. The second kappa shape index (κ2) is 7.25. The Morgan fingerprint density at radius 3 is 2.17 bits per heavy atom. The smallest absolute Gasteiger partial charge is 0.239 e. The highest BCUT2D eigenvalue weighted by Crippen LogP contribution is 2.21. The van der Waals surface area contributed by atoms with Crippen LogP contribution >= 0.6 is 0 Å². The highest BCUT2D eigenvalue weighted by molar-refractivity contribution is 6.09. The second-order valence-electron chi connectivity index (χ2n) is 6.49. The van der Waals surface area contributed by atoms with Gasteiger partial charge in [0.1, 0.15) is 5.41 Å². The molecule has 0 bridgehead atoms. The molecule has 2 rings (SSSR count). The van der Waals surface area contributed by atoms with Gasteiger partial charge in [-0.15, -0.1) is 0 Å². The SMILES string of the molecule is Cc1cc(C)cc(NC(=O)C(C)(C)C(=O)NCc2ccncc2)c1. The van der Waals surface area contributed by atoms with Gasteiger partial charge in [0.25, 0.3) is 0 Å². The first-order valence-electron chi connectivity index (χ1n) is 7.86. The Bertz CT molecular complexity index is 719. The molecule has 1 heterocycles. The minimum Gasteiger partial charge on any atom is -0.351 e. The van der Waals surface area contributed by atoms with E-state index in [1.165, 1.54) is 0 Å². The first-order chi connectivity index (χ1) is 11.3. The highest BCUT2D eigenvalue weighted by atomic mass is 16.2. The monoisotopic (exact) mass is 325 g/mol. The maximum absolute atomic E-state index is 12.5. The Kier molecular flexibility index (Phi) is 5.34. The van der Waals surface area contributed by atoms with Crippen LogP contribution in [-0.4, -0.2) is 16.8 Å². The van der Waals surface area contributed by atoms with Crippen LogP contribution in [0.3, 0.4) is 0 Å². The predicted octanol–water partition coefficient (Wildman–Crippen LogP) is 2.98. The Morgan fingerprint density at radius 2 is 1.58 bits per heavy atom. The molecule has 2 N–H and O–H groups in total. The van der Waals surface area contributed by atoms with Crippen molar-refractivity contribution in [1.29, 1.82) is 0 Å². The third kappa shape index (κ3) is 4.41. The number of rotatable bonds is 5. The maximum Gasteiger partial charge on any atom is 0.239 e. The van der Waals surface area contributed by atoms with Crippen LogP contribution in [0.25, 0.3) is 0 Å². The van der Waals surface area contributed by atoms with E-state index in [2.05, 4.69) is 15.6 Å². The number of anilines is 1. The summed E-state index contributed by atoms with van der Waals surface area (Å²) in [5.74, 6) is -0.652. The van der Waals surface area contributed by atoms with Crippen molar-refractivity contribution < 1.29 is 9.59 Å². The van der Waals surface area contributed by atoms with E-state index in [9.17, 15) is 9.59 Å². The van der Waals surface area contributed by atoms with Crippen molar-refractivity contribution in [1.82, 2.24) is 10.3 Å². The zero-order valence-electron chi connectivity index (χ0n) is 14.5. The molecule has 2 aromatic rings. The molecule has 2 amide bonds. The van der Waals surface area contributed by atoms with Gasteiger partial charge in [0.05, 0.1) is 0 Å². The minimum absolute atomic E-state index is 0.318. The zero-order valence-corrected chi connectivity index (χ0v) is 14.5. The fourth-order valence-corrected chi connectivity index (χ4v) is 2.34. The number of amides is 2. The fourth-order valence-electron chi connectivity index (χ4n) is 2.34. The molecular weight excluding hydrogens is 302 g/mol. The summed E-state index contributed by atoms with van der Waals surface area (Å²) in [7, 11) is 0. The molecule has 24 heavy (non-hydrogen) atoms. The Morgan fingerprint density at radius 1 is 1.00 bits per heavy atom. The topological polar surface area (TPSA) is 71.1 Å². The van der Waals surface area contributed by atoms with Gasteiger partial charge in [-0.3, -0.25) is 14.6 Å². The van der Waals surface area contributed by atoms with Gasteiger partial charge in [-0.1, -0.05) is 6.07 Å². The van der Waals surface area contributed by atoms with Crippen molar-refractivity contribution in [2.45, 2.75) is 34.2 Å². The molecule has 0 aliphatic heterocycles. The normalized spacial score (nSPS) is 11.0. The summed E-state index contributed by atoms with van der Waals surface area (Å²) in [6.45, 7) is 7.53. The fraction of sp³-hybridized carbons (Fsp3) is 0.316. The van der Waals surface area contributed by atoms with Crippen molar-refractivity contribution in [3.8, 4) is 0 Å². The van der Waals surface area contributed by atoms with E-state index in [1.807, 2.05) is 44.2 Å². The van der Waals surface area contributed by atoms with Crippen LogP contribution in [0, 0.1) is 19.3 Å². The van der Waals surface area contributed by atoms with E-state index in [1.54, 1.807) is 26.2 Å². The minimum atomic E-state index is -1.18. The summed E-state index contributed by atoms with van der Waals surface area (Å²) in [6.07, 6.45) is 3.33. The van der Waals surface area contributed by atoms with E-state index in [0.717, 1.165) is 16.7 Å². The number of hydrogen-bond donors (Lipinski definition) is 2. The third-order valence-corrected chi connectivity index (χ3v) is 3.82. The van der Waals surface area contributed by atoms with Gasteiger partial charge < -0.3 is 10.6 Å². The Hall–Kier alpha value is -2.69. The number of hydrogen-bond acceptors (Lipinski definition) is 3. The molecule has 0 saturated carbocycles. The number of carbonyl (C=O) groups excluding carboxylic acids is 2. The lowest BCUT2D eigenvalue weighted by molar-refractivity contribution is -0.138. The molecule has 0 aliphatic carbocycles. The van der Waals surface area contributed by atoms with Gasteiger partial charge in [0.2, 0.25) is 11.8 Å². The predicted molar refractivity (Wildman–Crippen MR) is 94.4 cm³/mol. The number of carbonyl (C=O) groups is 2. The lowest BCUT2D eigenvalue weighted by Crippen LogP contribution is -2.44. The van der Waals surface area contributed by atoms with Gasteiger partial charge >= 0.3 is 0 Å². The summed E-state index contributed by atoms with van der Waals surface area (Å²) in [5.41, 5.74) is 2.58. The molecule has 0 unspecified atom stereocenters. The third-order valence-electron chi connectivity index (χ3n) is 3.82. The molecule has 0 aliphatic rings. The Labute approximate surface area is 142 Å². The number of aryl methyl sites for hydroxylation is 2. The van der Waals surface area contributed by atoms with Gasteiger partial charge in [-0.2, -0.15) is 0 Å². The first kappa shape index (κ1) is 17.7. The number of pyridine rings is 1. The van der Waals surface area contributed by atoms with Crippen LogP contribution in [-0.2, 0) is 16.1 Å². The van der Waals surface area contributed by atoms with E-state index in [0.29, 0.717) is 12.2 Å². The number of nitrogens with zero attached hydrogens (tertiary/aromatic N) is 1. The van der Waals surface area contributed by atoms with Crippen molar-refractivity contribution in [2.75, 3.05) is 5.32 Å². The van der Waals surface area contributed by atoms with Crippen molar-refractivity contribution in [3.63, 3.8) is 0 Å². The number of nitrogens with one attached hydrogen (secondary N) is 2. The highest BCUT2D eigenvalue weighted by Gasteiger charge is 2.35. The summed E-state index contributed by atoms with van der Waals surface area (Å²) in [5, 5.41) is 5.63. The van der Waals surface area contributed by atoms with Gasteiger partial charge in [-0.05, 0) is 68.7 Å². The van der Waals surface area contributed by atoms with Crippen LogP contribution in [0.15, 0.2) is 42.7 Å². The van der Waals surface area contributed by atoms with E-state index in [4.69, 9.17) is 0 Å². The molecule has 0 radical (unpaired) electrons. The van der Waals surface area contributed by atoms with Crippen LogP contribution in [0.1, 0.15) is 30.5 Å². The van der Waals surface area contributed by atoms with E-state index < -0.39 is 5.41 Å². The second-order valence-corrected chi connectivity index (χ2v) is 6.49. The molecule has 1 aromatic carbocycles. The lowest BCUT2D eigenvalue weighted by atomic mass is 9.90. The maximum atomic E-state index is 12.5. The van der Waals surface area contributed by atoms with Gasteiger partial charge in [0, 0.05) is 24.6 Å². The van der Waals surface area contributed by atoms with Crippen molar-refractivity contribution in [2.24, 2.45) is 5.41 Å². The van der Waals surface area contributed by atoms with Crippen LogP contribution in [0.2, 0.25) is 0 Å². The number of aromatic nitrogens is 1. The molecule has 1 aromatic heterocycles. The average molecular weight is 325 g/mol. The van der Waals surface area contributed by atoms with E-state index in [-0.39, 0.29) is 11.8 Å².